The molecule has 1 aromatic carbocycles. The average molecular weight is 218 g/mol. The van der Waals surface area contributed by atoms with Crippen LogP contribution in [0.2, 0.25) is 0 Å². The summed E-state index contributed by atoms with van der Waals surface area (Å²) in [5.41, 5.74) is 2.13. The molecule has 0 saturated carbocycles. The van der Waals surface area contributed by atoms with Crippen molar-refractivity contribution < 1.29 is 14.6 Å². The van der Waals surface area contributed by atoms with Gasteiger partial charge in [-0.3, -0.25) is 4.79 Å². The van der Waals surface area contributed by atoms with Gasteiger partial charge in [-0.05, 0) is 44.0 Å². The highest BCUT2D eigenvalue weighted by molar-refractivity contribution is 6.12. The fraction of sp³-hybridized carbons (Fsp3) is 0.308. The van der Waals surface area contributed by atoms with Crippen molar-refractivity contribution in [2.75, 3.05) is 0 Å². The third-order valence-corrected chi connectivity index (χ3v) is 2.60. The van der Waals surface area contributed by atoms with Crippen LogP contribution >= 0.6 is 0 Å². The number of ketones is 1. The van der Waals surface area contributed by atoms with Gasteiger partial charge in [0, 0.05) is 0 Å². The largest absolute Gasteiger partial charge is 0.453 e. The predicted molar refractivity (Wildman–Crippen MR) is 60.4 cm³/mol. The Morgan fingerprint density at radius 2 is 2.06 bits per heavy atom. The molecule has 3 nitrogen and oxygen atoms in total. The van der Waals surface area contributed by atoms with E-state index in [1.807, 2.05) is 13.8 Å². The van der Waals surface area contributed by atoms with Gasteiger partial charge in [0.25, 0.3) is 0 Å². The Bertz CT molecular complexity index is 480. The fourth-order valence-electron chi connectivity index (χ4n) is 1.68. The van der Waals surface area contributed by atoms with E-state index >= 15 is 0 Å². The van der Waals surface area contributed by atoms with Gasteiger partial charge in [0.05, 0.1) is 11.7 Å². The maximum absolute atomic E-state index is 11.9. The molecule has 0 amide bonds. The smallest absolute Gasteiger partial charge is 0.231 e. The lowest BCUT2D eigenvalue weighted by Crippen LogP contribution is -2.01. The number of rotatable bonds is 1. The number of hydrogen-bond acceptors (Lipinski definition) is 3. The molecule has 1 heterocycles. The van der Waals surface area contributed by atoms with Gasteiger partial charge in [0.2, 0.25) is 5.78 Å². The van der Waals surface area contributed by atoms with E-state index in [0.29, 0.717) is 17.1 Å². The first-order valence-corrected chi connectivity index (χ1v) is 5.22. The second kappa shape index (κ2) is 3.76. The van der Waals surface area contributed by atoms with E-state index in [1.165, 1.54) is 0 Å². The number of aliphatic hydroxyl groups is 1. The third-order valence-electron chi connectivity index (χ3n) is 2.60. The number of carbonyl (C=O) groups is 1. The number of fused-ring (bicyclic) bond motifs is 1. The van der Waals surface area contributed by atoms with Crippen LogP contribution in [0, 0.1) is 0 Å². The van der Waals surface area contributed by atoms with Crippen LogP contribution in [0.4, 0.5) is 0 Å². The third kappa shape index (κ3) is 1.63. The SMILES string of the molecule is CC(C)=C1Oc2ccc(C(C)O)cc2C1=O. The first-order chi connectivity index (χ1) is 7.50. The van der Waals surface area contributed by atoms with Crippen molar-refractivity contribution in [3.63, 3.8) is 0 Å². The van der Waals surface area contributed by atoms with Crippen LogP contribution in [0.1, 0.15) is 42.8 Å². The van der Waals surface area contributed by atoms with Crippen LogP contribution in [0.5, 0.6) is 5.75 Å². The van der Waals surface area contributed by atoms with Crippen LogP contribution < -0.4 is 4.74 Å². The Kier molecular flexibility index (Phi) is 2.56. The zero-order chi connectivity index (χ0) is 11.9. The van der Waals surface area contributed by atoms with Crippen molar-refractivity contribution in [3.8, 4) is 5.75 Å². The molecule has 1 aliphatic heterocycles. The molecule has 0 radical (unpaired) electrons. The van der Waals surface area contributed by atoms with E-state index in [4.69, 9.17) is 4.74 Å². The Balaban J connectivity index is 2.50. The standard InChI is InChI=1S/C13H14O3/c1-7(2)13-12(15)10-6-9(8(3)14)4-5-11(10)16-13/h4-6,8,14H,1-3H3. The molecule has 0 aromatic heterocycles. The van der Waals surface area contributed by atoms with E-state index in [2.05, 4.69) is 0 Å². The Hall–Kier alpha value is -1.61. The monoisotopic (exact) mass is 218 g/mol. The van der Waals surface area contributed by atoms with Crippen molar-refractivity contribution in [2.24, 2.45) is 0 Å². The summed E-state index contributed by atoms with van der Waals surface area (Å²) < 4.78 is 5.46. The summed E-state index contributed by atoms with van der Waals surface area (Å²) in [6.07, 6.45) is -0.575. The number of allylic oxidation sites excluding steroid dienone is 2. The second-order valence-corrected chi connectivity index (χ2v) is 4.19. The topological polar surface area (TPSA) is 46.5 Å². The van der Waals surface area contributed by atoms with Crippen LogP contribution in [0.3, 0.4) is 0 Å². The highest BCUT2D eigenvalue weighted by Gasteiger charge is 2.28. The highest BCUT2D eigenvalue weighted by Crippen LogP contribution is 2.33. The summed E-state index contributed by atoms with van der Waals surface area (Å²) in [5, 5.41) is 9.45. The lowest BCUT2D eigenvalue weighted by atomic mass is 10.0. The molecule has 3 heteroatoms. The van der Waals surface area contributed by atoms with Crippen molar-refractivity contribution in [1.82, 2.24) is 0 Å². The molecule has 2 rings (SSSR count). The van der Waals surface area contributed by atoms with Crippen LogP contribution in [-0.4, -0.2) is 10.9 Å². The van der Waals surface area contributed by atoms with Crippen molar-refractivity contribution in [1.29, 1.82) is 0 Å². The molecule has 1 atom stereocenters. The number of aliphatic hydroxyl groups excluding tert-OH is 1. The number of hydrogen-bond donors (Lipinski definition) is 1. The van der Waals surface area contributed by atoms with Crippen LogP contribution in [-0.2, 0) is 0 Å². The summed E-state index contributed by atoms with van der Waals surface area (Å²) in [6.45, 7) is 5.35. The van der Waals surface area contributed by atoms with E-state index < -0.39 is 6.10 Å². The molecule has 16 heavy (non-hydrogen) atoms. The highest BCUT2D eigenvalue weighted by atomic mass is 16.5. The zero-order valence-corrected chi connectivity index (χ0v) is 9.57. The molecule has 0 bridgehead atoms. The Morgan fingerprint density at radius 3 is 2.62 bits per heavy atom. The lowest BCUT2D eigenvalue weighted by Gasteiger charge is -2.04. The van der Waals surface area contributed by atoms with E-state index in [0.717, 1.165) is 11.1 Å². The normalized spacial score (nSPS) is 15.8. The molecule has 1 unspecified atom stereocenters. The molecule has 0 saturated heterocycles. The number of Topliss-reactive ketones (excluding diaryl/α,β-unsaturated/α-hetero) is 1. The number of benzene rings is 1. The maximum Gasteiger partial charge on any atom is 0.231 e. The molecule has 0 spiro atoms. The van der Waals surface area contributed by atoms with E-state index in [9.17, 15) is 9.90 Å². The molecular formula is C13H14O3. The summed E-state index contributed by atoms with van der Waals surface area (Å²) in [7, 11) is 0. The van der Waals surface area contributed by atoms with Gasteiger partial charge in [0.15, 0.2) is 5.76 Å². The summed E-state index contributed by atoms with van der Waals surface area (Å²) in [5.74, 6) is 0.876. The quantitative estimate of drug-likeness (QED) is 0.737. The summed E-state index contributed by atoms with van der Waals surface area (Å²) in [4.78, 5) is 11.9. The fourth-order valence-corrected chi connectivity index (χ4v) is 1.68. The summed E-state index contributed by atoms with van der Waals surface area (Å²) in [6, 6.07) is 5.19. The minimum Gasteiger partial charge on any atom is -0.453 e. The van der Waals surface area contributed by atoms with Gasteiger partial charge in [-0.2, -0.15) is 0 Å². The van der Waals surface area contributed by atoms with Gasteiger partial charge in [0.1, 0.15) is 5.75 Å². The number of carbonyl (C=O) groups excluding carboxylic acids is 1. The van der Waals surface area contributed by atoms with Gasteiger partial charge in [-0.1, -0.05) is 6.07 Å². The van der Waals surface area contributed by atoms with Crippen molar-refractivity contribution in [2.45, 2.75) is 26.9 Å². The molecule has 0 aliphatic carbocycles. The van der Waals surface area contributed by atoms with Crippen LogP contribution in [0.15, 0.2) is 29.5 Å². The van der Waals surface area contributed by atoms with Gasteiger partial charge < -0.3 is 9.84 Å². The minimum atomic E-state index is -0.575. The van der Waals surface area contributed by atoms with Crippen molar-refractivity contribution >= 4 is 5.78 Å². The molecule has 1 N–H and O–H groups in total. The first kappa shape index (κ1) is 10.9. The number of ether oxygens (including phenoxy) is 1. The Morgan fingerprint density at radius 1 is 1.38 bits per heavy atom. The summed E-state index contributed by atoms with van der Waals surface area (Å²) >= 11 is 0. The minimum absolute atomic E-state index is 0.0995. The predicted octanol–water partition coefficient (Wildman–Crippen LogP) is 2.61. The lowest BCUT2D eigenvalue weighted by molar-refractivity contribution is 0.101. The van der Waals surface area contributed by atoms with Gasteiger partial charge >= 0.3 is 0 Å². The molecular weight excluding hydrogens is 204 g/mol. The van der Waals surface area contributed by atoms with Gasteiger partial charge in [-0.15, -0.1) is 0 Å². The van der Waals surface area contributed by atoms with Gasteiger partial charge in [-0.25, -0.2) is 0 Å². The van der Waals surface area contributed by atoms with Crippen LogP contribution in [0.25, 0.3) is 0 Å². The first-order valence-electron chi connectivity index (χ1n) is 5.22. The molecule has 84 valence electrons. The maximum atomic E-state index is 11.9. The Labute approximate surface area is 94.4 Å². The van der Waals surface area contributed by atoms with Crippen molar-refractivity contribution in [3.05, 3.63) is 40.7 Å². The van der Waals surface area contributed by atoms with E-state index in [1.54, 1.807) is 25.1 Å². The second-order valence-electron chi connectivity index (χ2n) is 4.19. The van der Waals surface area contributed by atoms with E-state index in [-0.39, 0.29) is 5.78 Å². The molecule has 1 aliphatic rings. The average Bonchev–Trinajstić information content (AvgIpc) is 2.56. The molecule has 0 fully saturated rings. The zero-order valence-electron chi connectivity index (χ0n) is 9.57. The molecule has 1 aromatic rings.